The summed E-state index contributed by atoms with van der Waals surface area (Å²) in [5.41, 5.74) is 3.70. The Bertz CT molecular complexity index is 371. The first kappa shape index (κ1) is 13.8. The second-order valence-electron chi connectivity index (χ2n) is 4.17. The number of nitrogens with one attached hydrogen (secondary N) is 1. The molecule has 94 valence electrons. The Morgan fingerprint density at radius 3 is 2.71 bits per heavy atom. The van der Waals surface area contributed by atoms with E-state index >= 15 is 0 Å². The zero-order chi connectivity index (χ0) is 12.7. The molecule has 1 aromatic rings. The molecule has 0 unspecified atom stereocenters. The molecule has 17 heavy (non-hydrogen) atoms. The smallest absolute Gasteiger partial charge is 0.119 e. The van der Waals surface area contributed by atoms with Gasteiger partial charge in [0.25, 0.3) is 0 Å². The molecule has 0 atom stereocenters. The molecular formula is C15H23NO. The van der Waals surface area contributed by atoms with Gasteiger partial charge in [-0.25, -0.2) is 0 Å². The third kappa shape index (κ3) is 4.23. The summed E-state index contributed by atoms with van der Waals surface area (Å²) in [6, 6.07) is 6.37. The van der Waals surface area contributed by atoms with Crippen molar-refractivity contribution in [2.75, 3.05) is 13.2 Å². The van der Waals surface area contributed by atoms with Gasteiger partial charge in [-0.3, -0.25) is 0 Å². The molecule has 2 heteroatoms. The summed E-state index contributed by atoms with van der Waals surface area (Å²) in [4.78, 5) is 0. The molecule has 1 aromatic carbocycles. The van der Waals surface area contributed by atoms with E-state index in [1.54, 1.807) is 0 Å². The normalized spacial score (nSPS) is 10.3. The van der Waals surface area contributed by atoms with E-state index in [1.807, 2.05) is 6.92 Å². The molecule has 0 aliphatic carbocycles. The van der Waals surface area contributed by atoms with Crippen LogP contribution in [0.5, 0.6) is 0 Å². The number of benzene rings is 1. The molecule has 0 aliphatic rings. The van der Waals surface area contributed by atoms with Crippen LogP contribution in [0.3, 0.4) is 0 Å². The fourth-order valence-corrected chi connectivity index (χ4v) is 1.73. The highest BCUT2D eigenvalue weighted by molar-refractivity contribution is 5.58. The van der Waals surface area contributed by atoms with Gasteiger partial charge in [0.2, 0.25) is 0 Å². The predicted molar refractivity (Wildman–Crippen MR) is 73.8 cm³/mol. The van der Waals surface area contributed by atoms with Crippen molar-refractivity contribution in [1.29, 1.82) is 0 Å². The van der Waals surface area contributed by atoms with E-state index in [0.29, 0.717) is 6.61 Å². The molecular weight excluding hydrogens is 210 g/mol. The number of rotatable bonds is 7. The Labute approximate surface area is 105 Å². The molecule has 0 fully saturated rings. The minimum absolute atomic E-state index is 0.664. The van der Waals surface area contributed by atoms with Crippen LogP contribution in [0, 0.1) is 6.92 Å². The van der Waals surface area contributed by atoms with Gasteiger partial charge in [0.1, 0.15) is 5.76 Å². The highest BCUT2D eigenvalue weighted by Gasteiger charge is 2.03. The van der Waals surface area contributed by atoms with E-state index in [1.165, 1.54) is 11.1 Å². The summed E-state index contributed by atoms with van der Waals surface area (Å²) < 4.78 is 5.41. The summed E-state index contributed by atoms with van der Waals surface area (Å²) in [7, 11) is 0. The molecule has 0 aromatic heterocycles. The van der Waals surface area contributed by atoms with E-state index in [2.05, 4.69) is 43.9 Å². The Kier molecular flexibility index (Phi) is 5.78. The average molecular weight is 233 g/mol. The van der Waals surface area contributed by atoms with Gasteiger partial charge in [0.15, 0.2) is 0 Å². The monoisotopic (exact) mass is 233 g/mol. The Hall–Kier alpha value is -1.28. The minimum Gasteiger partial charge on any atom is -0.494 e. The minimum atomic E-state index is 0.664. The molecule has 0 radical (unpaired) electrons. The lowest BCUT2D eigenvalue weighted by Crippen LogP contribution is -2.14. The molecule has 0 bridgehead atoms. The van der Waals surface area contributed by atoms with Gasteiger partial charge in [0.05, 0.1) is 6.61 Å². The predicted octanol–water partition coefficient (Wildman–Crippen LogP) is 3.50. The van der Waals surface area contributed by atoms with Crippen molar-refractivity contribution in [2.24, 2.45) is 0 Å². The molecule has 0 saturated heterocycles. The lowest BCUT2D eigenvalue weighted by Gasteiger charge is -2.11. The Morgan fingerprint density at radius 1 is 1.35 bits per heavy atom. The van der Waals surface area contributed by atoms with Crippen molar-refractivity contribution in [3.63, 3.8) is 0 Å². The van der Waals surface area contributed by atoms with Crippen molar-refractivity contribution in [3.8, 4) is 0 Å². The maximum atomic E-state index is 5.41. The lowest BCUT2D eigenvalue weighted by molar-refractivity contribution is 0.299. The lowest BCUT2D eigenvalue weighted by atomic mass is 10.0. The maximum absolute atomic E-state index is 5.41. The quantitative estimate of drug-likeness (QED) is 0.575. The first-order valence-electron chi connectivity index (χ1n) is 6.31. The summed E-state index contributed by atoms with van der Waals surface area (Å²) in [6.45, 7) is 12.9. The van der Waals surface area contributed by atoms with Gasteiger partial charge in [-0.2, -0.15) is 0 Å². The number of aryl methyl sites for hydroxylation is 1. The number of hydrogen-bond acceptors (Lipinski definition) is 2. The summed E-state index contributed by atoms with van der Waals surface area (Å²) >= 11 is 0. The Morgan fingerprint density at radius 2 is 2.12 bits per heavy atom. The fraction of sp³-hybridized carbons (Fsp3) is 0.467. The average Bonchev–Trinajstić information content (AvgIpc) is 2.31. The summed E-state index contributed by atoms with van der Waals surface area (Å²) in [5, 5.41) is 3.41. The van der Waals surface area contributed by atoms with Gasteiger partial charge in [-0.1, -0.05) is 25.6 Å². The van der Waals surface area contributed by atoms with Crippen LogP contribution in [0.15, 0.2) is 24.8 Å². The highest BCUT2D eigenvalue weighted by Crippen LogP contribution is 2.18. The molecule has 1 rings (SSSR count). The van der Waals surface area contributed by atoms with E-state index in [4.69, 9.17) is 4.74 Å². The molecule has 1 N–H and O–H groups in total. The molecule has 0 saturated carbocycles. The van der Waals surface area contributed by atoms with Crippen molar-refractivity contribution < 1.29 is 4.74 Å². The van der Waals surface area contributed by atoms with Crippen LogP contribution in [-0.4, -0.2) is 13.2 Å². The first-order valence-corrected chi connectivity index (χ1v) is 6.31. The second kappa shape index (κ2) is 7.13. The van der Waals surface area contributed by atoms with E-state index in [9.17, 15) is 0 Å². The molecule has 0 spiro atoms. The number of ether oxygens (including phenoxy) is 1. The van der Waals surface area contributed by atoms with Crippen LogP contribution in [0.1, 0.15) is 37.0 Å². The SMILES string of the molecule is C=C(OCC)c1ccc(CNCCC)c(C)c1. The van der Waals surface area contributed by atoms with E-state index in [0.717, 1.165) is 30.8 Å². The zero-order valence-electron chi connectivity index (χ0n) is 11.2. The van der Waals surface area contributed by atoms with Crippen LogP contribution < -0.4 is 5.32 Å². The Balaban J connectivity index is 2.68. The van der Waals surface area contributed by atoms with Crippen molar-refractivity contribution in [1.82, 2.24) is 5.32 Å². The zero-order valence-corrected chi connectivity index (χ0v) is 11.2. The summed E-state index contributed by atoms with van der Waals surface area (Å²) in [5.74, 6) is 0.753. The molecule has 0 aliphatic heterocycles. The van der Waals surface area contributed by atoms with Gasteiger partial charge >= 0.3 is 0 Å². The van der Waals surface area contributed by atoms with E-state index < -0.39 is 0 Å². The largest absolute Gasteiger partial charge is 0.494 e. The van der Waals surface area contributed by atoms with Crippen molar-refractivity contribution in [2.45, 2.75) is 33.7 Å². The van der Waals surface area contributed by atoms with Crippen molar-refractivity contribution in [3.05, 3.63) is 41.5 Å². The van der Waals surface area contributed by atoms with Crippen LogP contribution in [-0.2, 0) is 11.3 Å². The van der Waals surface area contributed by atoms with Gasteiger partial charge in [-0.05, 0) is 44.0 Å². The van der Waals surface area contributed by atoms with Crippen LogP contribution >= 0.6 is 0 Å². The topological polar surface area (TPSA) is 21.3 Å². The maximum Gasteiger partial charge on any atom is 0.119 e. The first-order chi connectivity index (χ1) is 8.19. The number of hydrogen-bond donors (Lipinski definition) is 1. The molecule has 2 nitrogen and oxygen atoms in total. The third-order valence-electron chi connectivity index (χ3n) is 2.73. The summed E-state index contributed by atoms with van der Waals surface area (Å²) in [6.07, 6.45) is 1.16. The highest BCUT2D eigenvalue weighted by atomic mass is 16.5. The van der Waals surface area contributed by atoms with Crippen molar-refractivity contribution >= 4 is 5.76 Å². The van der Waals surface area contributed by atoms with Crippen LogP contribution in [0.2, 0.25) is 0 Å². The fourth-order valence-electron chi connectivity index (χ4n) is 1.73. The standard InChI is InChI=1S/C15H23NO/c1-5-9-16-11-15-8-7-14(10-12(15)3)13(4)17-6-2/h7-8,10,16H,4-6,9,11H2,1-3H3. The molecule has 0 amide bonds. The molecule has 0 heterocycles. The van der Waals surface area contributed by atoms with Gasteiger partial charge < -0.3 is 10.1 Å². The van der Waals surface area contributed by atoms with Gasteiger partial charge in [-0.15, -0.1) is 0 Å². The third-order valence-corrected chi connectivity index (χ3v) is 2.73. The van der Waals surface area contributed by atoms with Crippen LogP contribution in [0.4, 0.5) is 0 Å². The second-order valence-corrected chi connectivity index (χ2v) is 4.17. The van der Waals surface area contributed by atoms with Crippen LogP contribution in [0.25, 0.3) is 5.76 Å². The van der Waals surface area contributed by atoms with E-state index in [-0.39, 0.29) is 0 Å². The van der Waals surface area contributed by atoms with Gasteiger partial charge in [0, 0.05) is 12.1 Å².